The first-order chi connectivity index (χ1) is 17.9. The molecule has 8 nitrogen and oxygen atoms in total. The molecule has 4 amide bonds. The van der Waals surface area contributed by atoms with Crippen molar-refractivity contribution in [1.82, 2.24) is 10.6 Å². The van der Waals surface area contributed by atoms with Gasteiger partial charge >= 0.3 is 0 Å². The van der Waals surface area contributed by atoms with E-state index < -0.39 is 23.8 Å². The summed E-state index contributed by atoms with van der Waals surface area (Å²) < 4.78 is 5.43. The number of nitrogens with zero attached hydrogens (tertiary/aromatic N) is 1. The maximum absolute atomic E-state index is 13.2. The van der Waals surface area contributed by atoms with Crippen LogP contribution in [0.25, 0.3) is 0 Å². The fraction of sp³-hybridized carbons (Fsp3) is 0.241. The highest BCUT2D eigenvalue weighted by Gasteiger charge is 2.37. The zero-order chi connectivity index (χ0) is 25.9. The van der Waals surface area contributed by atoms with Gasteiger partial charge in [-0.3, -0.25) is 19.2 Å². The van der Waals surface area contributed by atoms with Crippen LogP contribution in [-0.2, 0) is 11.2 Å². The molecule has 2 N–H and O–H groups in total. The average molecular weight is 498 g/mol. The Labute approximate surface area is 214 Å². The lowest BCUT2D eigenvalue weighted by Crippen LogP contribution is -2.48. The predicted molar refractivity (Wildman–Crippen MR) is 138 cm³/mol. The molecule has 1 aliphatic carbocycles. The molecule has 0 radical (unpaired) electrons. The normalized spacial score (nSPS) is 15.2. The zero-order valence-electron chi connectivity index (χ0n) is 20.4. The molecule has 1 atom stereocenters. The highest BCUT2D eigenvalue weighted by molar-refractivity contribution is 6.34. The van der Waals surface area contributed by atoms with E-state index >= 15 is 0 Å². The largest absolute Gasteiger partial charge is 0.494 e. The predicted octanol–water partition coefficient (Wildman–Crippen LogP) is 3.51. The van der Waals surface area contributed by atoms with Crippen molar-refractivity contribution in [2.45, 2.75) is 38.3 Å². The van der Waals surface area contributed by atoms with E-state index in [4.69, 9.17) is 4.74 Å². The van der Waals surface area contributed by atoms with Crippen LogP contribution in [0, 0.1) is 0 Å². The van der Waals surface area contributed by atoms with Crippen LogP contribution < -0.4 is 20.3 Å². The van der Waals surface area contributed by atoms with Gasteiger partial charge < -0.3 is 15.4 Å². The summed E-state index contributed by atoms with van der Waals surface area (Å²) >= 11 is 0. The third-order valence-electron chi connectivity index (χ3n) is 6.38. The number of carbonyl (C=O) groups is 4. The van der Waals surface area contributed by atoms with Gasteiger partial charge in [0.05, 0.1) is 23.4 Å². The highest BCUT2D eigenvalue weighted by atomic mass is 16.5. The van der Waals surface area contributed by atoms with Gasteiger partial charge in [0.15, 0.2) is 0 Å². The minimum Gasteiger partial charge on any atom is -0.494 e. The molecule has 8 heteroatoms. The van der Waals surface area contributed by atoms with Crippen molar-refractivity contribution >= 4 is 29.3 Å². The highest BCUT2D eigenvalue weighted by Crippen LogP contribution is 2.30. The standard InChI is InChI=1S/C29H27N3O5/c1-2-37-22-13-11-21(12-14-22)32-28(35)23-15-8-19(17-24(23)29(32)36)26(33)31-25(27(34)30-20-9-10-20)16-18-6-4-3-5-7-18/h3-8,11-15,17,20,25H,2,9-10,16H2,1H3,(H,30,34)(H,31,33). The topological polar surface area (TPSA) is 105 Å². The van der Waals surface area contributed by atoms with Crippen molar-refractivity contribution in [3.05, 3.63) is 95.1 Å². The molecular weight excluding hydrogens is 470 g/mol. The van der Waals surface area contributed by atoms with Crippen LogP contribution in [0.15, 0.2) is 72.8 Å². The van der Waals surface area contributed by atoms with Crippen molar-refractivity contribution in [2.75, 3.05) is 11.5 Å². The van der Waals surface area contributed by atoms with Crippen LogP contribution in [0.3, 0.4) is 0 Å². The van der Waals surface area contributed by atoms with E-state index in [2.05, 4.69) is 10.6 Å². The lowest BCUT2D eigenvalue weighted by Gasteiger charge is -2.19. The number of anilines is 1. The van der Waals surface area contributed by atoms with Crippen LogP contribution in [0.5, 0.6) is 5.75 Å². The second kappa shape index (κ2) is 10.3. The minimum absolute atomic E-state index is 0.147. The summed E-state index contributed by atoms with van der Waals surface area (Å²) in [5.74, 6) is -1.06. The van der Waals surface area contributed by atoms with E-state index in [0.29, 0.717) is 24.5 Å². The van der Waals surface area contributed by atoms with Crippen LogP contribution in [0.2, 0.25) is 0 Å². The minimum atomic E-state index is -0.776. The molecule has 3 aromatic carbocycles. The van der Waals surface area contributed by atoms with Crippen molar-refractivity contribution < 1.29 is 23.9 Å². The second-order valence-electron chi connectivity index (χ2n) is 9.13. The van der Waals surface area contributed by atoms with Crippen molar-refractivity contribution in [3.63, 3.8) is 0 Å². The molecule has 1 fully saturated rings. The summed E-state index contributed by atoms with van der Waals surface area (Å²) in [5.41, 5.74) is 1.90. The lowest BCUT2D eigenvalue weighted by molar-refractivity contribution is -0.123. The molecule has 0 saturated heterocycles. The third kappa shape index (κ3) is 5.23. The average Bonchev–Trinajstić information content (AvgIpc) is 3.69. The zero-order valence-corrected chi connectivity index (χ0v) is 20.4. The van der Waals surface area contributed by atoms with E-state index in [1.165, 1.54) is 18.2 Å². The smallest absolute Gasteiger partial charge is 0.266 e. The Balaban J connectivity index is 1.35. The van der Waals surface area contributed by atoms with Gasteiger partial charge in [0.2, 0.25) is 5.91 Å². The van der Waals surface area contributed by atoms with Gasteiger partial charge in [0, 0.05) is 18.0 Å². The molecule has 0 bridgehead atoms. The number of hydrogen-bond acceptors (Lipinski definition) is 5. The number of rotatable bonds is 9. The number of fused-ring (bicyclic) bond motifs is 1. The molecule has 1 unspecified atom stereocenters. The maximum atomic E-state index is 13.2. The van der Waals surface area contributed by atoms with Crippen molar-refractivity contribution in [1.29, 1.82) is 0 Å². The van der Waals surface area contributed by atoms with E-state index in [9.17, 15) is 19.2 Å². The molecule has 0 aromatic heterocycles. The molecule has 0 spiro atoms. The fourth-order valence-electron chi connectivity index (χ4n) is 4.30. The number of carbonyl (C=O) groups excluding carboxylic acids is 4. The molecule has 1 aliphatic heterocycles. The summed E-state index contributed by atoms with van der Waals surface area (Å²) in [5, 5.41) is 5.77. The number of ether oxygens (including phenoxy) is 1. The van der Waals surface area contributed by atoms with E-state index in [0.717, 1.165) is 23.3 Å². The Morgan fingerprint density at radius 2 is 1.65 bits per heavy atom. The Morgan fingerprint density at radius 3 is 2.32 bits per heavy atom. The first kappa shape index (κ1) is 24.2. The summed E-state index contributed by atoms with van der Waals surface area (Å²) in [7, 11) is 0. The summed E-state index contributed by atoms with van der Waals surface area (Å²) in [6.07, 6.45) is 2.20. The van der Waals surface area contributed by atoms with Crippen molar-refractivity contribution in [3.8, 4) is 5.75 Å². The Kier molecular flexibility index (Phi) is 6.72. The Bertz CT molecular complexity index is 1350. The van der Waals surface area contributed by atoms with Crippen LogP contribution >= 0.6 is 0 Å². The van der Waals surface area contributed by atoms with Crippen LogP contribution in [0.1, 0.15) is 56.4 Å². The number of benzene rings is 3. The number of amides is 4. The van der Waals surface area contributed by atoms with Gasteiger partial charge in [-0.15, -0.1) is 0 Å². The number of hydrogen-bond donors (Lipinski definition) is 2. The molecule has 1 saturated carbocycles. The molecular formula is C29H27N3O5. The van der Waals surface area contributed by atoms with Crippen LogP contribution in [-0.4, -0.2) is 42.3 Å². The third-order valence-corrected chi connectivity index (χ3v) is 6.38. The SMILES string of the molecule is CCOc1ccc(N2C(=O)c3ccc(C(=O)NC(Cc4ccccc4)C(=O)NC4CC4)cc3C2=O)cc1. The van der Waals surface area contributed by atoms with E-state index in [-0.39, 0.29) is 28.6 Å². The van der Waals surface area contributed by atoms with Crippen molar-refractivity contribution in [2.24, 2.45) is 0 Å². The lowest BCUT2D eigenvalue weighted by atomic mass is 10.0. The van der Waals surface area contributed by atoms with Gasteiger partial charge in [-0.05, 0) is 67.8 Å². The van der Waals surface area contributed by atoms with E-state index in [1.54, 1.807) is 24.3 Å². The molecule has 5 rings (SSSR count). The van der Waals surface area contributed by atoms with Gasteiger partial charge in [-0.25, -0.2) is 4.90 Å². The Hall–Kier alpha value is -4.46. The maximum Gasteiger partial charge on any atom is 0.266 e. The molecule has 1 heterocycles. The van der Waals surface area contributed by atoms with E-state index in [1.807, 2.05) is 37.3 Å². The molecule has 2 aliphatic rings. The summed E-state index contributed by atoms with van der Waals surface area (Å²) in [6.45, 7) is 2.38. The first-order valence-corrected chi connectivity index (χ1v) is 12.4. The van der Waals surface area contributed by atoms with Gasteiger partial charge in [-0.1, -0.05) is 30.3 Å². The quantitative estimate of drug-likeness (QED) is 0.441. The molecule has 37 heavy (non-hydrogen) atoms. The number of imide groups is 1. The Morgan fingerprint density at radius 1 is 0.946 bits per heavy atom. The summed E-state index contributed by atoms with van der Waals surface area (Å²) in [4.78, 5) is 53.3. The van der Waals surface area contributed by atoms with Gasteiger partial charge in [-0.2, -0.15) is 0 Å². The van der Waals surface area contributed by atoms with Crippen LogP contribution in [0.4, 0.5) is 5.69 Å². The summed E-state index contributed by atoms with van der Waals surface area (Å²) in [6, 6.07) is 19.9. The fourth-order valence-corrected chi connectivity index (χ4v) is 4.30. The first-order valence-electron chi connectivity index (χ1n) is 12.4. The second-order valence-corrected chi connectivity index (χ2v) is 9.13. The molecule has 3 aromatic rings. The number of nitrogens with one attached hydrogen (secondary N) is 2. The monoisotopic (exact) mass is 497 g/mol. The molecule has 188 valence electrons. The van der Waals surface area contributed by atoms with Gasteiger partial charge in [0.1, 0.15) is 11.8 Å². The van der Waals surface area contributed by atoms with Gasteiger partial charge in [0.25, 0.3) is 17.7 Å².